The summed E-state index contributed by atoms with van der Waals surface area (Å²) in [6.45, 7) is 0.668. The van der Waals surface area contributed by atoms with Gasteiger partial charge in [-0.3, -0.25) is 14.9 Å². The van der Waals surface area contributed by atoms with Gasteiger partial charge in [-0.25, -0.2) is 4.79 Å². The second-order valence-electron chi connectivity index (χ2n) is 5.75. The molecule has 0 heterocycles. The highest BCUT2D eigenvalue weighted by Gasteiger charge is 2.08. The fourth-order valence-corrected chi connectivity index (χ4v) is 2.25. The first-order valence-electron chi connectivity index (χ1n) is 8.74. The van der Waals surface area contributed by atoms with Crippen molar-refractivity contribution in [3.05, 3.63) is 60.2 Å². The van der Waals surface area contributed by atoms with Gasteiger partial charge in [0.1, 0.15) is 6.61 Å². The van der Waals surface area contributed by atoms with Crippen LogP contribution >= 0.6 is 0 Å². The van der Waals surface area contributed by atoms with E-state index in [4.69, 9.17) is 9.47 Å². The van der Waals surface area contributed by atoms with Gasteiger partial charge >= 0.3 is 6.09 Å². The van der Waals surface area contributed by atoms with Crippen molar-refractivity contribution in [3.63, 3.8) is 0 Å². The maximum Gasteiger partial charge on any atom is 0.411 e. The van der Waals surface area contributed by atoms with Crippen molar-refractivity contribution in [1.82, 2.24) is 5.32 Å². The average molecular weight is 385 g/mol. The Balaban J connectivity index is 1.75. The smallest absolute Gasteiger partial charge is 0.411 e. The number of nitrogens with one attached hydrogen (secondary N) is 3. The van der Waals surface area contributed by atoms with E-state index in [1.807, 2.05) is 6.07 Å². The molecule has 0 aromatic heterocycles. The predicted molar refractivity (Wildman–Crippen MR) is 105 cm³/mol. The highest BCUT2D eigenvalue weighted by Crippen LogP contribution is 2.15. The largest absolute Gasteiger partial charge is 0.447 e. The van der Waals surface area contributed by atoms with Crippen LogP contribution < -0.4 is 16.0 Å². The van der Waals surface area contributed by atoms with Gasteiger partial charge in [-0.05, 0) is 30.3 Å². The van der Waals surface area contributed by atoms with E-state index in [9.17, 15) is 14.4 Å². The van der Waals surface area contributed by atoms with E-state index in [1.165, 1.54) is 7.11 Å². The molecular weight excluding hydrogens is 362 g/mol. The lowest BCUT2D eigenvalue weighted by Crippen LogP contribution is -2.27. The number of carbonyl (C=O) groups excluding carboxylic acids is 3. The lowest BCUT2D eigenvalue weighted by Gasteiger charge is -2.10. The maximum atomic E-state index is 12.1. The zero-order valence-electron chi connectivity index (χ0n) is 15.6. The number of benzene rings is 2. The predicted octanol–water partition coefficient (Wildman–Crippen LogP) is 2.64. The number of amides is 3. The van der Waals surface area contributed by atoms with Crippen LogP contribution in [0.3, 0.4) is 0 Å². The van der Waals surface area contributed by atoms with Crippen molar-refractivity contribution in [2.75, 3.05) is 37.5 Å². The molecule has 0 atom stereocenters. The molecule has 0 saturated heterocycles. The molecule has 0 aliphatic rings. The van der Waals surface area contributed by atoms with Gasteiger partial charge in [0.05, 0.1) is 6.61 Å². The minimum Gasteiger partial charge on any atom is -0.447 e. The van der Waals surface area contributed by atoms with E-state index in [-0.39, 0.29) is 31.4 Å². The monoisotopic (exact) mass is 385 g/mol. The first-order valence-corrected chi connectivity index (χ1v) is 8.74. The normalized spacial score (nSPS) is 10.0. The third-order valence-electron chi connectivity index (χ3n) is 3.59. The molecule has 8 nitrogen and oxygen atoms in total. The number of hydrogen-bond acceptors (Lipinski definition) is 5. The highest BCUT2D eigenvalue weighted by atomic mass is 16.6. The zero-order valence-corrected chi connectivity index (χ0v) is 15.6. The quantitative estimate of drug-likeness (QED) is 0.576. The summed E-state index contributed by atoms with van der Waals surface area (Å²) >= 11 is 0. The van der Waals surface area contributed by atoms with Crippen LogP contribution in [0.25, 0.3) is 0 Å². The molecule has 0 aliphatic carbocycles. The number of anilines is 2. The summed E-state index contributed by atoms with van der Waals surface area (Å²) < 4.78 is 9.72. The Labute approximate surface area is 163 Å². The molecule has 2 aromatic rings. The third-order valence-corrected chi connectivity index (χ3v) is 3.59. The zero-order chi connectivity index (χ0) is 20.2. The van der Waals surface area contributed by atoms with Gasteiger partial charge in [0.2, 0.25) is 5.91 Å². The molecule has 0 aliphatic heterocycles. The van der Waals surface area contributed by atoms with Crippen LogP contribution in [0.5, 0.6) is 0 Å². The van der Waals surface area contributed by atoms with Gasteiger partial charge in [0, 0.05) is 37.0 Å². The summed E-state index contributed by atoms with van der Waals surface area (Å²) in [7, 11) is 1.51. The Bertz CT molecular complexity index is 795. The van der Waals surface area contributed by atoms with E-state index >= 15 is 0 Å². The molecule has 8 heteroatoms. The molecular formula is C20H23N3O5. The summed E-state index contributed by atoms with van der Waals surface area (Å²) in [6, 6.07) is 15.5. The van der Waals surface area contributed by atoms with Crippen molar-refractivity contribution in [1.29, 1.82) is 0 Å². The van der Waals surface area contributed by atoms with Gasteiger partial charge < -0.3 is 20.1 Å². The molecule has 0 radical (unpaired) electrons. The van der Waals surface area contributed by atoms with Crippen LogP contribution in [0, 0.1) is 0 Å². The molecule has 148 valence electrons. The lowest BCUT2D eigenvalue weighted by atomic mass is 10.2. The van der Waals surface area contributed by atoms with Crippen molar-refractivity contribution < 1.29 is 23.9 Å². The van der Waals surface area contributed by atoms with Crippen molar-refractivity contribution in [2.45, 2.75) is 6.42 Å². The Kier molecular flexibility index (Phi) is 8.48. The highest BCUT2D eigenvalue weighted by molar-refractivity contribution is 5.95. The second kappa shape index (κ2) is 11.3. The van der Waals surface area contributed by atoms with Crippen LogP contribution in [0.15, 0.2) is 54.6 Å². The van der Waals surface area contributed by atoms with Crippen LogP contribution in [0.4, 0.5) is 16.2 Å². The minimum atomic E-state index is -0.607. The average Bonchev–Trinajstić information content (AvgIpc) is 2.69. The van der Waals surface area contributed by atoms with E-state index in [1.54, 1.807) is 48.5 Å². The summed E-state index contributed by atoms with van der Waals surface area (Å²) in [4.78, 5) is 35.6. The summed E-state index contributed by atoms with van der Waals surface area (Å²) in [5.74, 6) is -0.486. The van der Waals surface area contributed by atoms with Gasteiger partial charge in [-0.15, -0.1) is 0 Å². The molecule has 0 spiro atoms. The van der Waals surface area contributed by atoms with Crippen LogP contribution in [0.1, 0.15) is 16.8 Å². The van der Waals surface area contributed by atoms with Gasteiger partial charge in [0.25, 0.3) is 5.91 Å². The summed E-state index contributed by atoms with van der Waals surface area (Å²) in [6.07, 6.45) is -0.487. The van der Waals surface area contributed by atoms with Gasteiger partial charge in [0.15, 0.2) is 0 Å². The number of rotatable bonds is 9. The Hall–Kier alpha value is -3.39. The van der Waals surface area contributed by atoms with Crippen LogP contribution in [-0.2, 0) is 14.3 Å². The molecule has 0 unspecified atom stereocenters. The van der Waals surface area contributed by atoms with E-state index in [2.05, 4.69) is 16.0 Å². The van der Waals surface area contributed by atoms with E-state index < -0.39 is 6.09 Å². The Morgan fingerprint density at radius 2 is 1.61 bits per heavy atom. The standard InChI is InChI=1S/C20H23N3O5/c1-27-12-13-28-20(26)23-17-9-5-8-16(14-17)22-18(24)10-11-21-19(25)15-6-3-2-4-7-15/h2-9,14H,10-13H2,1H3,(H,21,25)(H,22,24)(H,23,26). The fraction of sp³-hybridized carbons (Fsp3) is 0.250. The van der Waals surface area contributed by atoms with E-state index in [0.29, 0.717) is 23.5 Å². The van der Waals surface area contributed by atoms with Crippen LogP contribution in [-0.4, -0.2) is 44.8 Å². The molecule has 0 fully saturated rings. The number of ether oxygens (including phenoxy) is 2. The van der Waals surface area contributed by atoms with Gasteiger partial charge in [-0.1, -0.05) is 24.3 Å². The molecule has 0 bridgehead atoms. The molecule has 3 N–H and O–H groups in total. The maximum absolute atomic E-state index is 12.1. The topological polar surface area (TPSA) is 106 Å². The second-order valence-corrected chi connectivity index (χ2v) is 5.75. The number of carbonyl (C=O) groups is 3. The molecule has 28 heavy (non-hydrogen) atoms. The molecule has 0 saturated carbocycles. The van der Waals surface area contributed by atoms with Crippen molar-refractivity contribution in [3.8, 4) is 0 Å². The first-order chi connectivity index (χ1) is 13.6. The lowest BCUT2D eigenvalue weighted by molar-refractivity contribution is -0.116. The Morgan fingerprint density at radius 3 is 2.32 bits per heavy atom. The van der Waals surface area contributed by atoms with Crippen molar-refractivity contribution in [2.24, 2.45) is 0 Å². The fourth-order valence-electron chi connectivity index (χ4n) is 2.25. The summed E-state index contributed by atoms with van der Waals surface area (Å²) in [5.41, 5.74) is 1.55. The third kappa shape index (κ3) is 7.46. The Morgan fingerprint density at radius 1 is 0.893 bits per heavy atom. The van der Waals surface area contributed by atoms with Crippen LogP contribution in [0.2, 0.25) is 0 Å². The summed E-state index contributed by atoms with van der Waals surface area (Å²) in [5, 5.41) is 7.98. The molecule has 2 rings (SSSR count). The number of hydrogen-bond donors (Lipinski definition) is 3. The SMILES string of the molecule is COCCOC(=O)Nc1cccc(NC(=O)CCNC(=O)c2ccccc2)c1. The van der Waals surface area contributed by atoms with Crippen molar-refractivity contribution >= 4 is 29.3 Å². The molecule has 2 aromatic carbocycles. The number of methoxy groups -OCH3 is 1. The van der Waals surface area contributed by atoms with E-state index in [0.717, 1.165) is 0 Å². The first kappa shape index (κ1) is 20.9. The molecule has 3 amide bonds. The van der Waals surface area contributed by atoms with Gasteiger partial charge in [-0.2, -0.15) is 0 Å². The minimum absolute atomic E-state index is 0.120.